The van der Waals surface area contributed by atoms with Crippen molar-refractivity contribution in [3.8, 4) is 11.5 Å². The molecule has 1 atom stereocenters. The van der Waals surface area contributed by atoms with Crippen LogP contribution in [0.5, 0.6) is 11.5 Å². The highest BCUT2D eigenvalue weighted by Crippen LogP contribution is 2.35. The van der Waals surface area contributed by atoms with E-state index in [9.17, 15) is 9.59 Å². The average Bonchev–Trinajstić information content (AvgIpc) is 3.17. The molecular formula is C24H29NO5. The summed E-state index contributed by atoms with van der Waals surface area (Å²) in [4.78, 5) is 27.4. The van der Waals surface area contributed by atoms with Crippen LogP contribution in [0.3, 0.4) is 0 Å². The number of aryl methyl sites for hydroxylation is 1. The molecule has 160 valence electrons. The summed E-state index contributed by atoms with van der Waals surface area (Å²) in [6.45, 7) is 5.65. The fraction of sp³-hybridized carbons (Fsp3) is 0.417. The summed E-state index contributed by atoms with van der Waals surface area (Å²) >= 11 is 0. The highest BCUT2D eigenvalue weighted by molar-refractivity contribution is 5.96. The van der Waals surface area contributed by atoms with Crippen LogP contribution in [0, 0.1) is 5.92 Å². The normalized spacial score (nSPS) is 13.6. The van der Waals surface area contributed by atoms with Crippen molar-refractivity contribution in [1.82, 2.24) is 0 Å². The van der Waals surface area contributed by atoms with Crippen LogP contribution in [0.25, 0.3) is 0 Å². The molecule has 2 aromatic carbocycles. The molecule has 1 aliphatic heterocycles. The van der Waals surface area contributed by atoms with E-state index in [1.54, 1.807) is 24.1 Å². The Kier molecular flexibility index (Phi) is 6.65. The molecule has 1 aliphatic rings. The lowest BCUT2D eigenvalue weighted by molar-refractivity contribution is -0.157. The Balaban J connectivity index is 1.74. The number of benzene rings is 2. The van der Waals surface area contributed by atoms with Gasteiger partial charge in [0.25, 0.3) is 0 Å². The summed E-state index contributed by atoms with van der Waals surface area (Å²) in [5.41, 5.74) is 1.23. The third kappa shape index (κ3) is 5.75. The van der Waals surface area contributed by atoms with Crippen LogP contribution in [0.2, 0.25) is 0 Å². The number of hydrogen-bond donors (Lipinski definition) is 0. The first-order valence-corrected chi connectivity index (χ1v) is 10.2. The summed E-state index contributed by atoms with van der Waals surface area (Å²) < 4.78 is 16.2. The van der Waals surface area contributed by atoms with Gasteiger partial charge in [-0.2, -0.15) is 0 Å². The van der Waals surface area contributed by atoms with Gasteiger partial charge in [0, 0.05) is 24.7 Å². The van der Waals surface area contributed by atoms with Gasteiger partial charge in [-0.15, -0.1) is 0 Å². The van der Waals surface area contributed by atoms with Gasteiger partial charge in [0.1, 0.15) is 5.60 Å². The van der Waals surface area contributed by atoms with Crippen LogP contribution >= 0.6 is 0 Å². The largest absolute Gasteiger partial charge is 0.460 e. The number of anilines is 1. The second-order valence-electron chi connectivity index (χ2n) is 8.45. The SMILES string of the molecule is CN(C(=O)[C@H](CCc1ccccc1)CC(=O)OC(C)(C)C)c1ccc2c(c1)OCO2. The maximum atomic E-state index is 13.3. The Labute approximate surface area is 177 Å². The summed E-state index contributed by atoms with van der Waals surface area (Å²) in [5.74, 6) is 0.285. The minimum absolute atomic E-state index is 0.0395. The Bertz CT molecular complexity index is 888. The van der Waals surface area contributed by atoms with E-state index in [-0.39, 0.29) is 25.1 Å². The molecule has 1 amide bonds. The van der Waals surface area contributed by atoms with E-state index >= 15 is 0 Å². The first-order valence-electron chi connectivity index (χ1n) is 10.2. The molecule has 0 radical (unpaired) electrons. The van der Waals surface area contributed by atoms with Gasteiger partial charge in [-0.25, -0.2) is 0 Å². The molecule has 0 N–H and O–H groups in total. The quantitative estimate of drug-likeness (QED) is 0.634. The topological polar surface area (TPSA) is 65.1 Å². The molecule has 6 nitrogen and oxygen atoms in total. The van der Waals surface area contributed by atoms with E-state index in [4.69, 9.17) is 14.2 Å². The second-order valence-corrected chi connectivity index (χ2v) is 8.45. The molecule has 0 aromatic heterocycles. The molecule has 0 saturated heterocycles. The molecule has 0 fully saturated rings. The van der Waals surface area contributed by atoms with Crippen LogP contribution in [0.1, 0.15) is 39.2 Å². The zero-order chi connectivity index (χ0) is 21.7. The number of rotatable bonds is 7. The van der Waals surface area contributed by atoms with Crippen molar-refractivity contribution in [2.24, 2.45) is 5.92 Å². The Hall–Kier alpha value is -3.02. The molecule has 0 saturated carbocycles. The molecule has 2 aromatic rings. The standard InChI is InChI=1S/C24H29NO5/c1-24(2,3)30-22(26)14-18(11-10-17-8-6-5-7-9-17)23(27)25(4)19-12-13-20-21(15-19)29-16-28-20/h5-9,12-13,15,18H,10-11,14,16H2,1-4H3/t18-/m1/s1. The predicted octanol–water partition coefficient (Wildman–Crippen LogP) is 4.36. The van der Waals surface area contributed by atoms with Gasteiger partial charge in [0.2, 0.25) is 12.7 Å². The molecule has 0 aliphatic carbocycles. The van der Waals surface area contributed by atoms with Gasteiger partial charge in [0.05, 0.1) is 6.42 Å². The van der Waals surface area contributed by atoms with Crippen molar-refractivity contribution in [3.05, 3.63) is 54.1 Å². The number of fused-ring (bicyclic) bond motifs is 1. The first kappa shape index (κ1) is 21.7. The van der Waals surface area contributed by atoms with Crippen molar-refractivity contribution in [3.63, 3.8) is 0 Å². The van der Waals surface area contributed by atoms with Gasteiger partial charge < -0.3 is 19.1 Å². The zero-order valence-electron chi connectivity index (χ0n) is 18.0. The van der Waals surface area contributed by atoms with E-state index in [2.05, 4.69) is 0 Å². The number of ether oxygens (including phenoxy) is 3. The minimum Gasteiger partial charge on any atom is -0.460 e. The van der Waals surface area contributed by atoms with Crippen molar-refractivity contribution in [2.75, 3.05) is 18.7 Å². The van der Waals surface area contributed by atoms with Gasteiger partial charge in [-0.3, -0.25) is 9.59 Å². The molecule has 1 heterocycles. The lowest BCUT2D eigenvalue weighted by Gasteiger charge is -2.25. The number of hydrogen-bond acceptors (Lipinski definition) is 5. The monoisotopic (exact) mass is 411 g/mol. The van der Waals surface area contributed by atoms with E-state index < -0.39 is 11.5 Å². The minimum atomic E-state index is -0.590. The van der Waals surface area contributed by atoms with Gasteiger partial charge in [-0.05, 0) is 51.3 Å². The molecule has 3 rings (SSSR count). The molecule has 0 bridgehead atoms. The van der Waals surface area contributed by atoms with E-state index in [0.29, 0.717) is 30.0 Å². The van der Waals surface area contributed by atoms with Gasteiger partial charge >= 0.3 is 5.97 Å². The number of carbonyl (C=O) groups excluding carboxylic acids is 2. The van der Waals surface area contributed by atoms with Crippen molar-refractivity contribution < 1.29 is 23.8 Å². The fourth-order valence-electron chi connectivity index (χ4n) is 3.38. The number of nitrogens with zero attached hydrogens (tertiary/aromatic N) is 1. The van der Waals surface area contributed by atoms with Crippen LogP contribution in [0.4, 0.5) is 5.69 Å². The maximum Gasteiger partial charge on any atom is 0.307 e. The fourth-order valence-corrected chi connectivity index (χ4v) is 3.38. The summed E-state index contributed by atoms with van der Waals surface area (Å²) in [7, 11) is 1.71. The molecular weight excluding hydrogens is 382 g/mol. The number of carbonyl (C=O) groups is 2. The van der Waals surface area contributed by atoms with Crippen molar-refractivity contribution in [1.29, 1.82) is 0 Å². The molecule has 0 unspecified atom stereocenters. The Morgan fingerprint density at radius 3 is 2.47 bits per heavy atom. The lowest BCUT2D eigenvalue weighted by atomic mass is 9.94. The Morgan fingerprint density at radius 1 is 1.07 bits per heavy atom. The number of amides is 1. The Morgan fingerprint density at radius 2 is 1.77 bits per heavy atom. The number of esters is 1. The summed E-state index contributed by atoms with van der Waals surface area (Å²) in [5, 5.41) is 0. The highest BCUT2D eigenvalue weighted by atomic mass is 16.7. The zero-order valence-corrected chi connectivity index (χ0v) is 18.0. The lowest BCUT2D eigenvalue weighted by Crippen LogP contribution is -2.35. The van der Waals surface area contributed by atoms with E-state index in [0.717, 1.165) is 5.56 Å². The molecule has 30 heavy (non-hydrogen) atoms. The van der Waals surface area contributed by atoms with E-state index in [1.807, 2.05) is 57.2 Å². The second kappa shape index (κ2) is 9.20. The van der Waals surface area contributed by atoms with Crippen LogP contribution in [-0.4, -0.2) is 31.3 Å². The maximum absolute atomic E-state index is 13.3. The van der Waals surface area contributed by atoms with Crippen molar-refractivity contribution >= 4 is 17.6 Å². The van der Waals surface area contributed by atoms with Gasteiger partial charge in [-0.1, -0.05) is 30.3 Å². The smallest absolute Gasteiger partial charge is 0.307 e. The third-order valence-electron chi connectivity index (χ3n) is 4.88. The summed E-state index contributed by atoms with van der Waals surface area (Å²) in [6, 6.07) is 15.3. The third-order valence-corrected chi connectivity index (χ3v) is 4.88. The van der Waals surface area contributed by atoms with Crippen LogP contribution in [0.15, 0.2) is 48.5 Å². The predicted molar refractivity (Wildman–Crippen MR) is 115 cm³/mol. The van der Waals surface area contributed by atoms with Crippen LogP contribution in [-0.2, 0) is 20.7 Å². The van der Waals surface area contributed by atoms with E-state index in [1.165, 1.54) is 0 Å². The first-order chi connectivity index (χ1) is 14.2. The summed E-state index contributed by atoms with van der Waals surface area (Å²) in [6.07, 6.45) is 1.30. The van der Waals surface area contributed by atoms with Crippen molar-refractivity contribution in [2.45, 2.75) is 45.6 Å². The average molecular weight is 411 g/mol. The highest BCUT2D eigenvalue weighted by Gasteiger charge is 2.29. The molecule has 6 heteroatoms. The van der Waals surface area contributed by atoms with Gasteiger partial charge in [0.15, 0.2) is 11.5 Å². The van der Waals surface area contributed by atoms with Crippen LogP contribution < -0.4 is 14.4 Å². The molecule has 0 spiro atoms.